The molecule has 0 aromatic rings. The Bertz CT molecular complexity index is 1060. The summed E-state index contributed by atoms with van der Waals surface area (Å²) in [5.41, 5.74) is -2.93. The van der Waals surface area contributed by atoms with Gasteiger partial charge in [-0.1, -0.05) is 19.1 Å². The molecule has 0 N–H and O–H groups in total. The largest absolute Gasteiger partial charge is 0.465 e. The second-order valence-electron chi connectivity index (χ2n) is 16.3. The first-order valence-corrected chi connectivity index (χ1v) is 16.0. The number of ether oxygens (including phenoxy) is 3. The normalized spacial score (nSPS) is 40.8. The minimum absolute atomic E-state index is 0.00866. The summed E-state index contributed by atoms with van der Waals surface area (Å²) < 4.78 is 18.0. The second-order valence-corrected chi connectivity index (χ2v) is 16.3. The highest BCUT2D eigenvalue weighted by Crippen LogP contribution is 2.68. The topological polar surface area (TPSA) is 78.9 Å². The number of allylic oxidation sites excluding steroid dienone is 2. The van der Waals surface area contributed by atoms with E-state index in [4.69, 9.17) is 14.2 Å². The zero-order chi connectivity index (χ0) is 28.8. The second kappa shape index (κ2) is 9.33. The van der Waals surface area contributed by atoms with Gasteiger partial charge in [0.1, 0.15) is 11.2 Å². The number of hydrogen-bond acceptors (Lipinski definition) is 6. The van der Waals surface area contributed by atoms with E-state index in [1.807, 2.05) is 41.5 Å². The van der Waals surface area contributed by atoms with E-state index >= 15 is 0 Å². The standard InChI is InChI=1S/C34H50O6/c1-8-22(17-38-28(35)25-15-21-14-24(25)27-20-10-9-19(13-20)26(21)27)33-12-11-23(16-33)34(18-33,29(36)39-31(2,3)4)30(37)40-32(5,6)7/h9-10,19-27H,8,11-18H2,1-7H3. The molecule has 6 aliphatic carbocycles. The highest BCUT2D eigenvalue weighted by molar-refractivity contribution is 6.01. The van der Waals surface area contributed by atoms with Crippen LogP contribution >= 0.6 is 0 Å². The van der Waals surface area contributed by atoms with E-state index in [1.165, 1.54) is 12.8 Å². The maximum Gasteiger partial charge on any atom is 0.324 e. The maximum absolute atomic E-state index is 13.8. The van der Waals surface area contributed by atoms with Crippen molar-refractivity contribution in [3.05, 3.63) is 12.2 Å². The number of fused-ring (bicyclic) bond motifs is 11. The van der Waals surface area contributed by atoms with Crippen molar-refractivity contribution < 1.29 is 28.6 Å². The Labute approximate surface area is 240 Å². The van der Waals surface area contributed by atoms with Crippen molar-refractivity contribution in [2.24, 2.45) is 64.1 Å². The molecule has 0 aromatic carbocycles. The molecular weight excluding hydrogens is 504 g/mol. The number of carbonyl (C=O) groups is 3. The van der Waals surface area contributed by atoms with Gasteiger partial charge in [-0.3, -0.25) is 14.4 Å². The molecule has 6 bridgehead atoms. The molecule has 5 fully saturated rings. The number of rotatable bonds is 7. The molecule has 222 valence electrons. The predicted molar refractivity (Wildman–Crippen MR) is 151 cm³/mol. The van der Waals surface area contributed by atoms with Crippen LogP contribution in [-0.4, -0.2) is 35.7 Å². The van der Waals surface area contributed by atoms with Gasteiger partial charge in [-0.15, -0.1) is 0 Å². The Morgan fingerprint density at radius 3 is 2.12 bits per heavy atom. The number of esters is 3. The van der Waals surface area contributed by atoms with Crippen LogP contribution in [0.4, 0.5) is 0 Å². The van der Waals surface area contributed by atoms with Crippen molar-refractivity contribution in [3.63, 3.8) is 0 Å². The van der Waals surface area contributed by atoms with Gasteiger partial charge in [0, 0.05) is 0 Å². The van der Waals surface area contributed by atoms with Gasteiger partial charge in [0.15, 0.2) is 5.41 Å². The summed E-state index contributed by atoms with van der Waals surface area (Å²) in [4.78, 5) is 41.1. The average molecular weight is 555 g/mol. The lowest BCUT2D eigenvalue weighted by molar-refractivity contribution is -0.191. The lowest BCUT2D eigenvalue weighted by Gasteiger charge is -2.42. The summed E-state index contributed by atoms with van der Waals surface area (Å²) >= 11 is 0. The first kappa shape index (κ1) is 28.3. The van der Waals surface area contributed by atoms with Gasteiger partial charge in [-0.2, -0.15) is 0 Å². The fraction of sp³-hybridized carbons (Fsp3) is 0.853. The van der Waals surface area contributed by atoms with Crippen molar-refractivity contribution in [3.8, 4) is 0 Å². The molecule has 0 radical (unpaired) electrons. The van der Waals surface area contributed by atoms with E-state index < -0.39 is 28.6 Å². The molecule has 0 aliphatic heterocycles. The summed E-state index contributed by atoms with van der Waals surface area (Å²) in [6.45, 7) is 13.6. The van der Waals surface area contributed by atoms with Crippen LogP contribution in [0.2, 0.25) is 0 Å². The Morgan fingerprint density at radius 1 is 0.900 bits per heavy atom. The third kappa shape index (κ3) is 4.37. The molecule has 0 saturated heterocycles. The minimum Gasteiger partial charge on any atom is -0.465 e. The summed E-state index contributed by atoms with van der Waals surface area (Å²) in [7, 11) is 0. The van der Waals surface area contributed by atoms with E-state index in [0.29, 0.717) is 36.7 Å². The molecule has 40 heavy (non-hydrogen) atoms. The SMILES string of the molecule is CCC(COC(=O)C1CC2CC1C1C3C=CC(C3)C21)C12CCC(C1)C(C(=O)OC(C)(C)C)(C(=O)OC(C)(C)C)C2. The smallest absolute Gasteiger partial charge is 0.324 e. The summed E-state index contributed by atoms with van der Waals surface area (Å²) in [5.74, 6) is 3.17. The van der Waals surface area contributed by atoms with Crippen molar-refractivity contribution >= 4 is 17.9 Å². The quantitative estimate of drug-likeness (QED) is 0.117. The molecule has 6 nitrogen and oxygen atoms in total. The summed E-state index contributed by atoms with van der Waals surface area (Å²) in [6, 6.07) is 0. The fourth-order valence-corrected chi connectivity index (χ4v) is 10.6. The first-order chi connectivity index (χ1) is 18.7. The molecule has 6 heteroatoms. The lowest BCUT2D eigenvalue weighted by Crippen LogP contribution is -2.51. The van der Waals surface area contributed by atoms with Crippen molar-refractivity contribution in [1.82, 2.24) is 0 Å². The molecular formula is C34H50O6. The summed E-state index contributed by atoms with van der Waals surface area (Å²) in [6.07, 6.45) is 12.1. The van der Waals surface area contributed by atoms with E-state index in [-0.39, 0.29) is 29.1 Å². The molecule has 10 atom stereocenters. The average Bonchev–Trinajstić information content (AvgIpc) is 3.67. The van der Waals surface area contributed by atoms with Crippen LogP contribution < -0.4 is 0 Å². The predicted octanol–water partition coefficient (Wildman–Crippen LogP) is 6.51. The molecule has 5 saturated carbocycles. The Kier molecular flexibility index (Phi) is 6.59. The van der Waals surface area contributed by atoms with Gasteiger partial charge in [-0.05, 0) is 146 Å². The van der Waals surface area contributed by atoms with Gasteiger partial charge in [-0.25, -0.2) is 0 Å². The van der Waals surface area contributed by atoms with Gasteiger partial charge in [0.2, 0.25) is 0 Å². The van der Waals surface area contributed by atoms with Crippen molar-refractivity contribution in [2.45, 2.75) is 111 Å². The maximum atomic E-state index is 13.8. The fourth-order valence-electron chi connectivity index (χ4n) is 10.6. The minimum atomic E-state index is -1.30. The Morgan fingerprint density at radius 2 is 1.52 bits per heavy atom. The lowest BCUT2D eigenvalue weighted by atomic mass is 9.64. The van der Waals surface area contributed by atoms with Crippen LogP contribution in [0.3, 0.4) is 0 Å². The van der Waals surface area contributed by atoms with Crippen molar-refractivity contribution in [2.75, 3.05) is 6.61 Å². The van der Waals surface area contributed by atoms with Crippen LogP contribution in [0, 0.1) is 64.1 Å². The van der Waals surface area contributed by atoms with Gasteiger partial charge >= 0.3 is 17.9 Å². The van der Waals surface area contributed by atoms with E-state index in [9.17, 15) is 14.4 Å². The zero-order valence-electron chi connectivity index (χ0n) is 25.7. The highest BCUT2D eigenvalue weighted by Gasteiger charge is 2.70. The van der Waals surface area contributed by atoms with Gasteiger partial charge in [0.05, 0.1) is 12.5 Å². The molecule has 0 aromatic heterocycles. The zero-order valence-corrected chi connectivity index (χ0v) is 25.7. The molecule has 6 aliphatic rings. The van der Waals surface area contributed by atoms with Crippen LogP contribution in [0.25, 0.3) is 0 Å². The monoisotopic (exact) mass is 554 g/mol. The Hall–Kier alpha value is -1.85. The molecule has 10 unspecified atom stereocenters. The van der Waals surface area contributed by atoms with Crippen LogP contribution in [0.1, 0.15) is 99.8 Å². The third-order valence-corrected chi connectivity index (χ3v) is 11.9. The molecule has 0 amide bonds. The molecule has 6 rings (SSSR count). The number of carbonyl (C=O) groups excluding carboxylic acids is 3. The molecule has 0 spiro atoms. The highest BCUT2D eigenvalue weighted by atomic mass is 16.6. The van der Waals surface area contributed by atoms with Crippen LogP contribution in [-0.2, 0) is 28.6 Å². The number of hydrogen-bond donors (Lipinski definition) is 0. The Balaban J connectivity index is 1.17. The van der Waals surface area contributed by atoms with Gasteiger partial charge in [0.25, 0.3) is 0 Å². The molecule has 0 heterocycles. The van der Waals surface area contributed by atoms with Gasteiger partial charge < -0.3 is 14.2 Å². The summed E-state index contributed by atoms with van der Waals surface area (Å²) in [5, 5.41) is 0. The van der Waals surface area contributed by atoms with E-state index in [0.717, 1.165) is 43.9 Å². The third-order valence-electron chi connectivity index (χ3n) is 11.9. The first-order valence-electron chi connectivity index (χ1n) is 16.0. The van der Waals surface area contributed by atoms with E-state index in [1.54, 1.807) is 0 Å². The van der Waals surface area contributed by atoms with Crippen LogP contribution in [0.15, 0.2) is 12.2 Å². The van der Waals surface area contributed by atoms with Crippen LogP contribution in [0.5, 0.6) is 0 Å². The van der Waals surface area contributed by atoms with Crippen molar-refractivity contribution in [1.29, 1.82) is 0 Å². The van der Waals surface area contributed by atoms with E-state index in [2.05, 4.69) is 19.1 Å².